The molecule has 0 aromatic carbocycles. The molecule has 0 spiro atoms. The van der Waals surface area contributed by atoms with Gasteiger partial charge in [-0.15, -0.1) is 0 Å². The second-order valence-electron chi connectivity index (χ2n) is 2.52. The summed E-state index contributed by atoms with van der Waals surface area (Å²) in [5.74, 6) is -0.283. The van der Waals surface area contributed by atoms with Crippen LogP contribution < -0.4 is 0 Å². The standard InChI is InChI=1S/C7H11BrO2/c1-5(8)7(2,3)6(9)10-4/h1H2,2-4H3. The highest BCUT2D eigenvalue weighted by Gasteiger charge is 2.30. The number of carbonyl (C=O) groups excluding carboxylic acids is 1. The van der Waals surface area contributed by atoms with Gasteiger partial charge in [0.1, 0.15) is 0 Å². The van der Waals surface area contributed by atoms with Crippen molar-refractivity contribution in [1.29, 1.82) is 0 Å². The molecule has 58 valence electrons. The molecule has 3 heteroatoms. The Labute approximate surface area is 69.4 Å². The lowest BCUT2D eigenvalue weighted by atomic mass is 9.94. The number of esters is 1. The normalized spacial score (nSPS) is 10.8. The molecule has 0 fully saturated rings. The Morgan fingerprint density at radius 3 is 2.10 bits per heavy atom. The summed E-state index contributed by atoms with van der Waals surface area (Å²) in [6, 6.07) is 0. The molecule has 0 saturated heterocycles. The van der Waals surface area contributed by atoms with E-state index in [9.17, 15) is 4.79 Å². The summed E-state index contributed by atoms with van der Waals surface area (Å²) >= 11 is 3.14. The van der Waals surface area contributed by atoms with Crippen molar-refractivity contribution in [1.82, 2.24) is 0 Å². The molecule has 0 aliphatic carbocycles. The molecular formula is C7H11BrO2. The van der Waals surface area contributed by atoms with Gasteiger partial charge >= 0.3 is 5.97 Å². The van der Waals surface area contributed by atoms with E-state index in [-0.39, 0.29) is 5.97 Å². The largest absolute Gasteiger partial charge is 0.468 e. The summed E-state index contributed by atoms with van der Waals surface area (Å²) < 4.78 is 5.18. The summed E-state index contributed by atoms with van der Waals surface area (Å²) in [5, 5.41) is 0. The maximum atomic E-state index is 11.0. The molecule has 0 aromatic rings. The second-order valence-corrected chi connectivity index (χ2v) is 3.48. The zero-order valence-electron chi connectivity index (χ0n) is 6.40. The zero-order chi connectivity index (χ0) is 8.36. The van der Waals surface area contributed by atoms with Gasteiger partial charge in [-0.25, -0.2) is 0 Å². The number of halogens is 1. The third kappa shape index (κ3) is 1.84. The van der Waals surface area contributed by atoms with Crippen LogP contribution in [0.25, 0.3) is 0 Å². The van der Waals surface area contributed by atoms with Gasteiger partial charge in [-0.1, -0.05) is 22.5 Å². The van der Waals surface area contributed by atoms with Crippen molar-refractivity contribution in [2.75, 3.05) is 7.11 Å². The fourth-order valence-electron chi connectivity index (χ4n) is 0.366. The first-order chi connectivity index (χ1) is 4.42. The van der Waals surface area contributed by atoms with E-state index in [1.165, 1.54) is 7.11 Å². The van der Waals surface area contributed by atoms with Gasteiger partial charge < -0.3 is 4.74 Å². The van der Waals surface area contributed by atoms with Gasteiger partial charge in [0.15, 0.2) is 0 Å². The molecule has 10 heavy (non-hydrogen) atoms. The van der Waals surface area contributed by atoms with E-state index in [0.717, 1.165) is 0 Å². The minimum Gasteiger partial charge on any atom is -0.468 e. The first-order valence-electron chi connectivity index (χ1n) is 2.86. The topological polar surface area (TPSA) is 26.3 Å². The maximum Gasteiger partial charge on any atom is 0.316 e. The van der Waals surface area contributed by atoms with Crippen LogP contribution in [0.3, 0.4) is 0 Å². The molecule has 0 rings (SSSR count). The Kier molecular flexibility index (Phi) is 3.09. The van der Waals surface area contributed by atoms with Crippen molar-refractivity contribution in [3.8, 4) is 0 Å². The molecule has 0 bridgehead atoms. The Balaban J connectivity index is 4.40. The molecule has 0 amide bonds. The number of rotatable bonds is 2. The quantitative estimate of drug-likeness (QED) is 0.648. The van der Waals surface area contributed by atoms with Crippen molar-refractivity contribution in [2.45, 2.75) is 13.8 Å². The predicted molar refractivity (Wildman–Crippen MR) is 43.9 cm³/mol. The van der Waals surface area contributed by atoms with E-state index < -0.39 is 5.41 Å². The van der Waals surface area contributed by atoms with Gasteiger partial charge in [0.2, 0.25) is 0 Å². The van der Waals surface area contributed by atoms with Crippen LogP contribution >= 0.6 is 15.9 Å². The van der Waals surface area contributed by atoms with E-state index in [2.05, 4.69) is 27.2 Å². The summed E-state index contributed by atoms with van der Waals surface area (Å²) in [6.45, 7) is 7.10. The van der Waals surface area contributed by atoms with Crippen LogP contribution in [0.5, 0.6) is 0 Å². The van der Waals surface area contributed by atoms with E-state index >= 15 is 0 Å². The predicted octanol–water partition coefficient (Wildman–Crippen LogP) is 2.09. The van der Waals surface area contributed by atoms with Gasteiger partial charge in [0.25, 0.3) is 0 Å². The molecule has 0 aliphatic rings. The number of methoxy groups -OCH3 is 1. The molecule has 0 radical (unpaired) electrons. The first-order valence-corrected chi connectivity index (χ1v) is 3.65. The molecule has 0 aliphatic heterocycles. The van der Waals surface area contributed by atoms with Gasteiger partial charge in [-0.2, -0.15) is 0 Å². The van der Waals surface area contributed by atoms with Crippen molar-refractivity contribution in [3.63, 3.8) is 0 Å². The Morgan fingerprint density at radius 2 is 2.00 bits per heavy atom. The van der Waals surface area contributed by atoms with Crippen LogP contribution in [-0.4, -0.2) is 13.1 Å². The van der Waals surface area contributed by atoms with Crippen molar-refractivity contribution in [2.24, 2.45) is 5.41 Å². The zero-order valence-corrected chi connectivity index (χ0v) is 7.99. The number of ether oxygens (including phenoxy) is 1. The molecule has 0 atom stereocenters. The smallest absolute Gasteiger partial charge is 0.316 e. The summed E-state index contributed by atoms with van der Waals surface area (Å²) in [6.07, 6.45) is 0. The van der Waals surface area contributed by atoms with Crippen LogP contribution in [0, 0.1) is 5.41 Å². The molecule has 0 aromatic heterocycles. The summed E-state index contributed by atoms with van der Waals surface area (Å²) in [7, 11) is 1.36. The molecule has 2 nitrogen and oxygen atoms in total. The van der Waals surface area contributed by atoms with E-state index in [0.29, 0.717) is 4.48 Å². The number of carbonyl (C=O) groups is 1. The highest BCUT2D eigenvalue weighted by atomic mass is 79.9. The third-order valence-electron chi connectivity index (χ3n) is 1.37. The molecule has 0 saturated carbocycles. The lowest BCUT2D eigenvalue weighted by Gasteiger charge is -2.19. The maximum absolute atomic E-state index is 11.0. The fourth-order valence-corrected chi connectivity index (χ4v) is 0.528. The fraction of sp³-hybridized carbons (Fsp3) is 0.571. The van der Waals surface area contributed by atoms with Gasteiger partial charge in [-0.3, -0.25) is 4.79 Å². The Morgan fingerprint density at radius 1 is 1.60 bits per heavy atom. The lowest BCUT2D eigenvalue weighted by Crippen LogP contribution is -2.25. The van der Waals surface area contributed by atoms with Gasteiger partial charge in [0, 0.05) is 4.48 Å². The van der Waals surface area contributed by atoms with Crippen LogP contribution in [0.15, 0.2) is 11.1 Å². The average Bonchev–Trinajstić information content (AvgIpc) is 1.86. The lowest BCUT2D eigenvalue weighted by molar-refractivity contribution is -0.148. The summed E-state index contributed by atoms with van der Waals surface area (Å²) in [4.78, 5) is 11.0. The molecule has 0 N–H and O–H groups in total. The van der Waals surface area contributed by atoms with Crippen LogP contribution in [0.2, 0.25) is 0 Å². The van der Waals surface area contributed by atoms with Crippen LogP contribution in [0.4, 0.5) is 0 Å². The van der Waals surface area contributed by atoms with E-state index in [1.54, 1.807) is 13.8 Å². The minimum absolute atomic E-state index is 0.283. The summed E-state index contributed by atoms with van der Waals surface area (Å²) in [5.41, 5.74) is -0.630. The number of hydrogen-bond acceptors (Lipinski definition) is 2. The van der Waals surface area contributed by atoms with E-state index in [4.69, 9.17) is 0 Å². The van der Waals surface area contributed by atoms with E-state index in [1.807, 2.05) is 0 Å². The average molecular weight is 207 g/mol. The molecule has 0 heterocycles. The SMILES string of the molecule is C=C(Br)C(C)(C)C(=O)OC. The first kappa shape index (κ1) is 9.69. The van der Waals surface area contributed by atoms with Crippen LogP contribution in [-0.2, 0) is 9.53 Å². The minimum atomic E-state index is -0.630. The van der Waals surface area contributed by atoms with Gasteiger partial charge in [-0.05, 0) is 13.8 Å². The Hall–Kier alpha value is -0.310. The molecule has 0 unspecified atom stereocenters. The van der Waals surface area contributed by atoms with Crippen molar-refractivity contribution in [3.05, 3.63) is 11.1 Å². The Bertz CT molecular complexity index is 161. The van der Waals surface area contributed by atoms with Crippen LogP contribution in [0.1, 0.15) is 13.8 Å². The number of hydrogen-bond donors (Lipinski definition) is 0. The molecular weight excluding hydrogens is 196 g/mol. The monoisotopic (exact) mass is 206 g/mol. The third-order valence-corrected chi connectivity index (χ3v) is 2.37. The van der Waals surface area contributed by atoms with Gasteiger partial charge in [0.05, 0.1) is 12.5 Å². The second kappa shape index (κ2) is 3.19. The van der Waals surface area contributed by atoms with Crippen molar-refractivity contribution >= 4 is 21.9 Å². The highest BCUT2D eigenvalue weighted by Crippen LogP contribution is 2.30. The van der Waals surface area contributed by atoms with Crippen molar-refractivity contribution < 1.29 is 9.53 Å². The highest BCUT2D eigenvalue weighted by molar-refractivity contribution is 9.11.